The number of ether oxygens (including phenoxy) is 1. The fourth-order valence-corrected chi connectivity index (χ4v) is 4.48. The van der Waals surface area contributed by atoms with Gasteiger partial charge in [0.2, 0.25) is 0 Å². The molecule has 1 fully saturated rings. The number of methoxy groups -OCH3 is 1. The Bertz CT molecular complexity index is 1450. The van der Waals surface area contributed by atoms with Gasteiger partial charge in [-0.25, -0.2) is 14.6 Å². The number of hydrogen-bond donors (Lipinski definition) is 1. The number of fused-ring (bicyclic) bond motifs is 1. The molecule has 1 aliphatic heterocycles. The number of amides is 1. The molecule has 1 saturated heterocycles. The lowest BCUT2D eigenvalue weighted by Crippen LogP contribution is -2.52. The summed E-state index contributed by atoms with van der Waals surface area (Å²) in [7, 11) is 3.26. The summed E-state index contributed by atoms with van der Waals surface area (Å²) >= 11 is 0. The number of rotatable bonds is 5. The van der Waals surface area contributed by atoms with Crippen molar-refractivity contribution in [2.45, 2.75) is 6.92 Å². The highest BCUT2D eigenvalue weighted by Gasteiger charge is 2.31. The van der Waals surface area contributed by atoms with E-state index >= 15 is 0 Å². The van der Waals surface area contributed by atoms with Gasteiger partial charge in [-0.2, -0.15) is 5.10 Å². The van der Waals surface area contributed by atoms with Crippen LogP contribution in [0.25, 0.3) is 16.7 Å². The normalized spacial score (nSPS) is 14.4. The number of H-pyrrole nitrogens is 1. The molecule has 11 heteroatoms. The molecule has 0 unspecified atom stereocenters. The molecular formula is C25H26N8O3. The first-order valence-corrected chi connectivity index (χ1v) is 11.5. The molecule has 11 nitrogen and oxygen atoms in total. The van der Waals surface area contributed by atoms with Crippen LogP contribution in [-0.4, -0.2) is 92.4 Å². The predicted molar refractivity (Wildman–Crippen MR) is 134 cm³/mol. The number of benzene rings is 1. The lowest BCUT2D eigenvalue weighted by molar-refractivity contribution is -0.127. The molecule has 0 atom stereocenters. The number of carbonyl (C=O) groups excluding carboxylic acids is 2. The average molecular weight is 487 g/mol. The van der Waals surface area contributed by atoms with Gasteiger partial charge in [0.15, 0.2) is 5.82 Å². The van der Waals surface area contributed by atoms with E-state index in [0.717, 1.165) is 11.4 Å². The number of ketones is 1. The number of amidine groups is 1. The monoisotopic (exact) mass is 486 g/mol. The number of aromatic amines is 1. The minimum atomic E-state index is -0.604. The number of nitrogens with zero attached hydrogens (tertiary/aromatic N) is 7. The fourth-order valence-electron chi connectivity index (χ4n) is 4.48. The number of aromatic nitrogens is 5. The topological polar surface area (TPSA) is 122 Å². The third-order valence-corrected chi connectivity index (χ3v) is 6.25. The van der Waals surface area contributed by atoms with Crippen molar-refractivity contribution in [2.24, 2.45) is 4.99 Å². The lowest BCUT2D eigenvalue weighted by Gasteiger charge is -2.36. The van der Waals surface area contributed by atoms with Crippen LogP contribution < -0.4 is 4.74 Å². The molecule has 0 bridgehead atoms. The summed E-state index contributed by atoms with van der Waals surface area (Å²) < 4.78 is 6.98. The van der Waals surface area contributed by atoms with Gasteiger partial charge >= 0.3 is 0 Å². The van der Waals surface area contributed by atoms with E-state index in [1.807, 2.05) is 30.3 Å². The van der Waals surface area contributed by atoms with E-state index in [2.05, 4.69) is 29.9 Å². The van der Waals surface area contributed by atoms with Crippen LogP contribution in [0.2, 0.25) is 0 Å². The second-order valence-corrected chi connectivity index (χ2v) is 8.36. The van der Waals surface area contributed by atoms with Crippen LogP contribution in [0, 0.1) is 6.92 Å². The van der Waals surface area contributed by atoms with E-state index in [4.69, 9.17) is 4.74 Å². The van der Waals surface area contributed by atoms with Crippen LogP contribution in [0.4, 0.5) is 0 Å². The fraction of sp³-hybridized carbons (Fsp3) is 0.280. The van der Waals surface area contributed by atoms with Crippen molar-refractivity contribution in [2.75, 3.05) is 40.3 Å². The molecule has 0 aliphatic carbocycles. The van der Waals surface area contributed by atoms with E-state index in [-0.39, 0.29) is 5.56 Å². The highest BCUT2D eigenvalue weighted by Crippen LogP contribution is 2.31. The lowest BCUT2D eigenvalue weighted by atomic mass is 10.1. The zero-order chi connectivity index (χ0) is 25.2. The third-order valence-electron chi connectivity index (χ3n) is 6.25. The zero-order valence-corrected chi connectivity index (χ0v) is 20.3. The van der Waals surface area contributed by atoms with Crippen molar-refractivity contribution in [3.63, 3.8) is 0 Å². The molecule has 5 rings (SSSR count). The number of nitrogens with one attached hydrogen (secondary N) is 1. The predicted octanol–water partition coefficient (Wildman–Crippen LogP) is 1.86. The van der Waals surface area contributed by atoms with E-state index < -0.39 is 11.7 Å². The molecule has 1 aliphatic rings. The van der Waals surface area contributed by atoms with Crippen LogP contribution in [0.5, 0.6) is 5.75 Å². The molecule has 1 amide bonds. The van der Waals surface area contributed by atoms with Crippen LogP contribution in [-0.2, 0) is 4.79 Å². The van der Waals surface area contributed by atoms with Crippen molar-refractivity contribution >= 4 is 28.4 Å². The molecule has 1 aromatic carbocycles. The quantitative estimate of drug-likeness (QED) is 0.198. The van der Waals surface area contributed by atoms with Gasteiger partial charge in [-0.15, -0.1) is 0 Å². The van der Waals surface area contributed by atoms with Gasteiger partial charge in [0.05, 0.1) is 29.8 Å². The van der Waals surface area contributed by atoms with E-state index in [9.17, 15) is 9.59 Å². The summed E-state index contributed by atoms with van der Waals surface area (Å²) in [4.78, 5) is 46.4. The van der Waals surface area contributed by atoms with Crippen molar-refractivity contribution in [1.29, 1.82) is 0 Å². The number of carbonyl (C=O) groups is 2. The maximum Gasteiger partial charge on any atom is 0.295 e. The van der Waals surface area contributed by atoms with Gasteiger partial charge in [0.25, 0.3) is 11.7 Å². The maximum absolute atomic E-state index is 13.4. The number of pyridine rings is 1. The number of Topliss-reactive ketones (excluding diaryl/α,β-unsaturated/α-hetero) is 1. The van der Waals surface area contributed by atoms with E-state index in [0.29, 0.717) is 54.5 Å². The van der Waals surface area contributed by atoms with E-state index in [1.165, 1.54) is 24.2 Å². The molecule has 4 aromatic rings. The molecule has 1 N–H and O–H groups in total. The minimum absolute atomic E-state index is 0.231. The standard InChI is InChI=1S/C25H26N8O3/c1-16-29-15-33(30-16)24-21-20(19(36-3)14-28-24)18(13-27-21)22(34)25(35)32-11-9-31(10-12-32)23(26-2)17-7-5-4-6-8-17/h4-8,13-15,27H,9-12H2,1-3H3/b26-23+. The maximum atomic E-state index is 13.4. The SMILES string of the molecule is C/N=C(\c1ccccc1)N1CCN(C(=O)C(=O)c2c[nH]c3c(-n4cnc(C)n4)ncc(OC)c23)CC1. The molecule has 3 aromatic heterocycles. The summed E-state index contributed by atoms with van der Waals surface area (Å²) in [6.45, 7) is 3.77. The molecule has 36 heavy (non-hydrogen) atoms. The minimum Gasteiger partial charge on any atom is -0.494 e. The Balaban J connectivity index is 1.37. The van der Waals surface area contributed by atoms with Crippen LogP contribution >= 0.6 is 0 Å². The smallest absolute Gasteiger partial charge is 0.295 e. The molecule has 0 spiro atoms. The second-order valence-electron chi connectivity index (χ2n) is 8.36. The highest BCUT2D eigenvalue weighted by molar-refractivity contribution is 6.45. The first-order chi connectivity index (χ1) is 17.5. The molecule has 184 valence electrons. The summed E-state index contributed by atoms with van der Waals surface area (Å²) in [5, 5.41) is 4.79. The summed E-state index contributed by atoms with van der Waals surface area (Å²) in [6, 6.07) is 9.93. The first-order valence-electron chi connectivity index (χ1n) is 11.5. The van der Waals surface area contributed by atoms with Gasteiger partial charge in [-0.05, 0) is 6.92 Å². The summed E-state index contributed by atoms with van der Waals surface area (Å²) in [6.07, 6.45) is 4.58. The van der Waals surface area contributed by atoms with Crippen LogP contribution in [0.15, 0.2) is 54.0 Å². The Morgan fingerprint density at radius 1 is 1.06 bits per heavy atom. The number of hydrogen-bond acceptors (Lipinski definition) is 7. The van der Waals surface area contributed by atoms with Gasteiger partial charge in [-0.1, -0.05) is 30.3 Å². The average Bonchev–Trinajstić information content (AvgIpc) is 3.56. The second kappa shape index (κ2) is 9.61. The summed E-state index contributed by atoms with van der Waals surface area (Å²) in [5.74, 6) is 1.15. The Labute approximate surface area is 207 Å². The van der Waals surface area contributed by atoms with Crippen molar-refractivity contribution in [3.8, 4) is 11.6 Å². The first kappa shape index (κ1) is 23.2. The third kappa shape index (κ3) is 4.08. The Hall–Kier alpha value is -4.54. The molecule has 0 radical (unpaired) electrons. The van der Waals surface area contributed by atoms with Crippen molar-refractivity contribution in [1.82, 2.24) is 34.5 Å². The van der Waals surface area contributed by atoms with Gasteiger partial charge in [-0.3, -0.25) is 14.6 Å². The number of aryl methyl sites for hydroxylation is 1. The van der Waals surface area contributed by atoms with Crippen molar-refractivity contribution in [3.05, 3.63) is 66.0 Å². The number of piperazine rings is 1. The molecular weight excluding hydrogens is 460 g/mol. The Morgan fingerprint density at radius 3 is 2.42 bits per heavy atom. The Kier molecular flexibility index (Phi) is 6.19. The van der Waals surface area contributed by atoms with Gasteiger partial charge < -0.3 is 19.5 Å². The zero-order valence-electron chi connectivity index (χ0n) is 20.3. The van der Waals surface area contributed by atoms with Gasteiger partial charge in [0, 0.05) is 45.0 Å². The Morgan fingerprint density at radius 2 is 1.78 bits per heavy atom. The van der Waals surface area contributed by atoms with E-state index in [1.54, 1.807) is 25.2 Å². The van der Waals surface area contributed by atoms with Crippen molar-refractivity contribution < 1.29 is 14.3 Å². The van der Waals surface area contributed by atoms with Crippen LogP contribution in [0.1, 0.15) is 21.7 Å². The highest BCUT2D eigenvalue weighted by atomic mass is 16.5. The van der Waals surface area contributed by atoms with Gasteiger partial charge in [0.1, 0.15) is 23.7 Å². The number of aliphatic imine (C=N–C) groups is 1. The largest absolute Gasteiger partial charge is 0.494 e. The summed E-state index contributed by atoms with van der Waals surface area (Å²) in [5.41, 5.74) is 1.79. The molecule has 0 saturated carbocycles. The molecule has 4 heterocycles. The van der Waals surface area contributed by atoms with Crippen LogP contribution in [0.3, 0.4) is 0 Å².